The van der Waals surface area contributed by atoms with Gasteiger partial charge < -0.3 is 9.80 Å². The second-order valence-corrected chi connectivity index (χ2v) is 6.18. The molecular weight excluding hydrogens is 283 g/mol. The molecule has 2 aliphatic rings. The maximum absolute atomic E-state index is 13.6. The van der Waals surface area contributed by atoms with Crippen LogP contribution in [-0.4, -0.2) is 41.8 Å². The van der Waals surface area contributed by atoms with Gasteiger partial charge in [0.1, 0.15) is 5.82 Å². The van der Waals surface area contributed by atoms with Gasteiger partial charge in [-0.2, -0.15) is 0 Å². The van der Waals surface area contributed by atoms with Crippen molar-refractivity contribution in [1.29, 1.82) is 0 Å². The fourth-order valence-electron chi connectivity index (χ4n) is 3.62. The highest BCUT2D eigenvalue weighted by Crippen LogP contribution is 2.37. The average Bonchev–Trinajstić information content (AvgIpc) is 3.03. The molecule has 0 N–H and O–H groups in total. The van der Waals surface area contributed by atoms with Crippen LogP contribution in [0.3, 0.4) is 0 Å². The standard InChI is InChI=1S/C17H21FN2O2/c1-19-15(21)8-7-14(17(22)20-9-2-3-10-20)16(19)12-5-4-6-13(18)11-12/h4-6,11,14,16H,2-3,7-10H2,1H3/t14-,16+/m1/s1. The Morgan fingerprint density at radius 2 is 2.00 bits per heavy atom. The first-order chi connectivity index (χ1) is 10.6. The number of piperidine rings is 1. The van der Waals surface area contributed by atoms with Crippen molar-refractivity contribution in [2.24, 2.45) is 5.92 Å². The first-order valence-electron chi connectivity index (χ1n) is 7.88. The van der Waals surface area contributed by atoms with E-state index in [0.29, 0.717) is 18.4 Å². The zero-order valence-electron chi connectivity index (χ0n) is 12.8. The van der Waals surface area contributed by atoms with Crippen LogP contribution in [0.5, 0.6) is 0 Å². The summed E-state index contributed by atoms with van der Waals surface area (Å²) in [6.07, 6.45) is 3.00. The number of benzene rings is 1. The van der Waals surface area contributed by atoms with Crippen molar-refractivity contribution in [2.75, 3.05) is 20.1 Å². The molecular formula is C17H21FN2O2. The fraction of sp³-hybridized carbons (Fsp3) is 0.529. The van der Waals surface area contributed by atoms with Gasteiger partial charge in [-0.25, -0.2) is 4.39 Å². The Morgan fingerprint density at radius 1 is 1.27 bits per heavy atom. The minimum Gasteiger partial charge on any atom is -0.342 e. The number of rotatable bonds is 2. The van der Waals surface area contributed by atoms with E-state index in [4.69, 9.17) is 0 Å². The minimum atomic E-state index is -0.370. The Labute approximate surface area is 129 Å². The molecule has 2 saturated heterocycles. The van der Waals surface area contributed by atoms with Gasteiger partial charge in [0.15, 0.2) is 0 Å². The van der Waals surface area contributed by atoms with Gasteiger partial charge in [-0.3, -0.25) is 9.59 Å². The molecule has 118 valence electrons. The molecule has 0 unspecified atom stereocenters. The summed E-state index contributed by atoms with van der Waals surface area (Å²) in [7, 11) is 1.71. The van der Waals surface area contributed by atoms with E-state index in [1.165, 1.54) is 12.1 Å². The molecule has 0 radical (unpaired) electrons. The minimum absolute atomic E-state index is 0.0136. The number of carbonyl (C=O) groups excluding carboxylic acids is 2. The molecule has 2 heterocycles. The molecule has 0 aliphatic carbocycles. The van der Waals surface area contributed by atoms with E-state index in [1.54, 1.807) is 24.1 Å². The topological polar surface area (TPSA) is 40.6 Å². The molecule has 0 bridgehead atoms. The molecule has 2 aliphatic heterocycles. The predicted octanol–water partition coefficient (Wildman–Crippen LogP) is 2.36. The summed E-state index contributed by atoms with van der Waals surface area (Å²) in [5.74, 6) is -0.496. The highest BCUT2D eigenvalue weighted by atomic mass is 19.1. The van der Waals surface area contributed by atoms with Crippen molar-refractivity contribution in [1.82, 2.24) is 9.80 Å². The third-order valence-electron chi connectivity index (χ3n) is 4.79. The number of hydrogen-bond donors (Lipinski definition) is 0. The summed E-state index contributed by atoms with van der Waals surface area (Å²) < 4.78 is 13.6. The lowest BCUT2D eigenvalue weighted by molar-refractivity contribution is -0.146. The van der Waals surface area contributed by atoms with Gasteiger partial charge in [0, 0.05) is 26.6 Å². The molecule has 2 atom stereocenters. The summed E-state index contributed by atoms with van der Waals surface area (Å²) in [5.41, 5.74) is 0.702. The average molecular weight is 304 g/mol. The van der Waals surface area contributed by atoms with Gasteiger partial charge >= 0.3 is 0 Å². The molecule has 5 heteroatoms. The van der Waals surface area contributed by atoms with E-state index < -0.39 is 0 Å². The zero-order valence-corrected chi connectivity index (χ0v) is 12.8. The maximum atomic E-state index is 13.6. The van der Waals surface area contributed by atoms with Crippen molar-refractivity contribution in [2.45, 2.75) is 31.7 Å². The first-order valence-corrected chi connectivity index (χ1v) is 7.88. The number of amides is 2. The van der Waals surface area contributed by atoms with Crippen LogP contribution in [0.4, 0.5) is 4.39 Å². The van der Waals surface area contributed by atoms with Crippen LogP contribution in [0.1, 0.15) is 37.3 Å². The molecule has 0 spiro atoms. The van der Waals surface area contributed by atoms with E-state index in [2.05, 4.69) is 0 Å². The number of likely N-dealkylation sites (tertiary alicyclic amines) is 2. The summed E-state index contributed by atoms with van der Waals surface area (Å²) >= 11 is 0. The summed E-state index contributed by atoms with van der Waals surface area (Å²) in [5, 5.41) is 0. The molecule has 1 aromatic rings. The lowest BCUT2D eigenvalue weighted by atomic mass is 9.83. The second-order valence-electron chi connectivity index (χ2n) is 6.18. The molecule has 4 nitrogen and oxygen atoms in total. The molecule has 0 aromatic heterocycles. The molecule has 0 saturated carbocycles. The molecule has 2 fully saturated rings. The third kappa shape index (κ3) is 2.72. The number of carbonyl (C=O) groups is 2. The largest absolute Gasteiger partial charge is 0.342 e. The highest BCUT2D eigenvalue weighted by Gasteiger charge is 2.41. The quantitative estimate of drug-likeness (QED) is 0.841. The predicted molar refractivity (Wildman–Crippen MR) is 80.4 cm³/mol. The Morgan fingerprint density at radius 3 is 2.68 bits per heavy atom. The van der Waals surface area contributed by atoms with Crippen LogP contribution in [-0.2, 0) is 9.59 Å². The van der Waals surface area contributed by atoms with Crippen molar-refractivity contribution < 1.29 is 14.0 Å². The summed E-state index contributed by atoms with van der Waals surface area (Å²) in [6.45, 7) is 1.59. The van der Waals surface area contributed by atoms with E-state index in [9.17, 15) is 14.0 Å². The van der Waals surface area contributed by atoms with Crippen molar-refractivity contribution >= 4 is 11.8 Å². The Kier molecular flexibility index (Phi) is 4.14. The van der Waals surface area contributed by atoms with Gasteiger partial charge in [0.2, 0.25) is 11.8 Å². The number of nitrogens with zero attached hydrogens (tertiary/aromatic N) is 2. The molecule has 22 heavy (non-hydrogen) atoms. The van der Waals surface area contributed by atoms with E-state index >= 15 is 0 Å². The Balaban J connectivity index is 1.92. The van der Waals surface area contributed by atoms with Crippen LogP contribution in [0.2, 0.25) is 0 Å². The molecule has 3 rings (SSSR count). The summed E-state index contributed by atoms with van der Waals surface area (Å²) in [4.78, 5) is 28.4. The Hall–Kier alpha value is -1.91. The number of hydrogen-bond acceptors (Lipinski definition) is 2. The van der Waals surface area contributed by atoms with Crippen LogP contribution in [0.15, 0.2) is 24.3 Å². The smallest absolute Gasteiger partial charge is 0.228 e. The van der Waals surface area contributed by atoms with Crippen molar-refractivity contribution in [3.05, 3.63) is 35.6 Å². The SMILES string of the molecule is CN1C(=O)CC[C@@H](C(=O)N2CCCC2)[C@@H]1c1cccc(F)c1. The second kappa shape index (κ2) is 6.07. The monoisotopic (exact) mass is 304 g/mol. The molecule has 2 amide bonds. The van der Waals surface area contributed by atoms with Crippen LogP contribution in [0.25, 0.3) is 0 Å². The maximum Gasteiger partial charge on any atom is 0.228 e. The van der Waals surface area contributed by atoms with E-state index in [1.807, 2.05) is 4.90 Å². The van der Waals surface area contributed by atoms with Crippen molar-refractivity contribution in [3.63, 3.8) is 0 Å². The van der Waals surface area contributed by atoms with Gasteiger partial charge in [-0.15, -0.1) is 0 Å². The fourth-order valence-corrected chi connectivity index (χ4v) is 3.62. The highest BCUT2D eigenvalue weighted by molar-refractivity contribution is 5.85. The van der Waals surface area contributed by atoms with Gasteiger partial charge in [0.25, 0.3) is 0 Å². The van der Waals surface area contributed by atoms with Crippen molar-refractivity contribution in [3.8, 4) is 0 Å². The van der Waals surface area contributed by atoms with Gasteiger partial charge in [-0.05, 0) is 37.0 Å². The van der Waals surface area contributed by atoms with E-state index in [-0.39, 0.29) is 29.6 Å². The third-order valence-corrected chi connectivity index (χ3v) is 4.79. The normalized spacial score (nSPS) is 25.6. The lowest BCUT2D eigenvalue weighted by Crippen LogP contribution is -2.47. The zero-order chi connectivity index (χ0) is 15.7. The lowest BCUT2D eigenvalue weighted by Gasteiger charge is -2.40. The molecule has 1 aromatic carbocycles. The Bertz CT molecular complexity index is 584. The van der Waals surface area contributed by atoms with Crippen LogP contribution in [0, 0.1) is 11.7 Å². The van der Waals surface area contributed by atoms with Gasteiger partial charge in [-0.1, -0.05) is 12.1 Å². The number of halogens is 1. The first kappa shape index (κ1) is 15.0. The van der Waals surface area contributed by atoms with Crippen LogP contribution >= 0.6 is 0 Å². The van der Waals surface area contributed by atoms with Crippen LogP contribution < -0.4 is 0 Å². The van der Waals surface area contributed by atoms with E-state index in [0.717, 1.165) is 25.9 Å². The van der Waals surface area contributed by atoms with Gasteiger partial charge in [0.05, 0.1) is 12.0 Å². The summed E-state index contributed by atoms with van der Waals surface area (Å²) in [6, 6.07) is 5.88.